The Balaban J connectivity index is 1.45. The zero-order chi connectivity index (χ0) is 21.4. The van der Waals surface area contributed by atoms with E-state index in [1.165, 1.54) is 23.4 Å². The predicted octanol–water partition coefficient (Wildman–Crippen LogP) is -1.02. The van der Waals surface area contributed by atoms with Crippen LogP contribution in [0.4, 0.5) is 4.39 Å². The van der Waals surface area contributed by atoms with Crippen molar-refractivity contribution in [2.75, 3.05) is 13.6 Å². The van der Waals surface area contributed by atoms with Crippen LogP contribution in [0.3, 0.4) is 0 Å². The number of allylic oxidation sites excluding steroid dienone is 3. The van der Waals surface area contributed by atoms with Gasteiger partial charge in [-0.3, -0.25) is 20.5 Å². The highest BCUT2D eigenvalue weighted by atomic mass is 19.1. The lowest BCUT2D eigenvalue weighted by Crippen LogP contribution is -2.53. The Morgan fingerprint density at radius 3 is 2.93 bits per heavy atom. The molecular formula is C19H26FN7O3. The molecule has 0 radical (unpaired) electrons. The molecule has 2 aliphatic carbocycles. The molecule has 6 N–H and O–H groups in total. The van der Waals surface area contributed by atoms with Crippen molar-refractivity contribution < 1.29 is 19.4 Å². The number of nitrogens with one attached hydrogen (secondary N) is 2. The van der Waals surface area contributed by atoms with Gasteiger partial charge in [0.25, 0.3) is 5.91 Å². The van der Waals surface area contributed by atoms with Gasteiger partial charge in [-0.05, 0) is 25.0 Å². The van der Waals surface area contributed by atoms with Crippen LogP contribution in [0.5, 0.6) is 0 Å². The number of amidine groups is 1. The number of carbonyl (C=O) groups is 1. The number of fused-ring (bicyclic) bond motifs is 1. The molecule has 2 heterocycles. The Bertz CT molecular complexity index is 868. The standard InChI is InChI=1S/C19H26FN7O3/c1-27(7-9-6-10(20)2-3-11(9)21)19(30)15-14-17(22-8-23-18(14)26-25-15)24-12-4-5-13(28)16(12)29/h2-3,8-9,12-14,16-17,24,28-29H,4-7,21H2,1H3,(H,22,23,26)/t9?,12-,13-,14?,16+,17?/m1/s1. The topological polar surface area (TPSA) is 148 Å². The second-order valence-corrected chi connectivity index (χ2v) is 8.09. The van der Waals surface area contributed by atoms with Gasteiger partial charge in [-0.25, -0.2) is 9.38 Å². The van der Waals surface area contributed by atoms with Crippen molar-refractivity contribution in [2.45, 2.75) is 43.7 Å². The third-order valence-electron chi connectivity index (χ3n) is 6.01. The van der Waals surface area contributed by atoms with Gasteiger partial charge in [-0.2, -0.15) is 5.10 Å². The van der Waals surface area contributed by atoms with Crippen molar-refractivity contribution in [3.63, 3.8) is 0 Å². The summed E-state index contributed by atoms with van der Waals surface area (Å²) in [5.74, 6) is -0.978. The summed E-state index contributed by atoms with van der Waals surface area (Å²) in [6.07, 6.45) is 3.23. The van der Waals surface area contributed by atoms with Gasteiger partial charge in [0.05, 0.1) is 12.2 Å². The fourth-order valence-corrected chi connectivity index (χ4v) is 4.25. The molecule has 6 atom stereocenters. The zero-order valence-electron chi connectivity index (χ0n) is 16.6. The van der Waals surface area contributed by atoms with E-state index >= 15 is 0 Å². The summed E-state index contributed by atoms with van der Waals surface area (Å²) >= 11 is 0. The second kappa shape index (κ2) is 8.25. The van der Waals surface area contributed by atoms with E-state index < -0.39 is 24.3 Å². The van der Waals surface area contributed by atoms with E-state index in [9.17, 15) is 19.4 Å². The number of nitrogens with two attached hydrogens (primary N) is 1. The van der Waals surface area contributed by atoms with Crippen molar-refractivity contribution in [1.82, 2.24) is 15.6 Å². The van der Waals surface area contributed by atoms with Crippen molar-refractivity contribution in [1.29, 1.82) is 0 Å². The fraction of sp³-hybridized carbons (Fsp3) is 0.579. The van der Waals surface area contributed by atoms with E-state index in [4.69, 9.17) is 5.73 Å². The molecule has 11 heteroatoms. The van der Waals surface area contributed by atoms with Gasteiger partial charge in [0.15, 0.2) is 0 Å². The number of hydrazone groups is 1. The number of hydrogen-bond acceptors (Lipinski definition) is 9. The number of aliphatic hydroxyl groups is 2. The van der Waals surface area contributed by atoms with Gasteiger partial charge in [0.1, 0.15) is 35.8 Å². The average molecular weight is 419 g/mol. The lowest BCUT2D eigenvalue weighted by atomic mass is 9.94. The lowest BCUT2D eigenvalue weighted by molar-refractivity contribution is -0.123. The highest BCUT2D eigenvalue weighted by Gasteiger charge is 2.44. The molecule has 0 aromatic rings. The molecule has 4 aliphatic rings. The molecule has 0 aromatic heterocycles. The SMILES string of the molecule is CN(CC1CC(F)=CC=C1N)C(=O)C1=NNC2=NC=NC(N[C@@H]3CC[C@@H](O)[C@H]3O)C21. The molecule has 1 saturated carbocycles. The number of nitrogens with zero attached hydrogens (tertiary/aromatic N) is 4. The fourth-order valence-electron chi connectivity index (χ4n) is 4.25. The van der Waals surface area contributed by atoms with Crippen LogP contribution < -0.4 is 16.5 Å². The molecule has 3 unspecified atom stereocenters. The van der Waals surface area contributed by atoms with Crippen LogP contribution >= 0.6 is 0 Å². The van der Waals surface area contributed by atoms with Gasteiger partial charge in [0, 0.05) is 37.7 Å². The first-order valence-electron chi connectivity index (χ1n) is 9.97. The summed E-state index contributed by atoms with van der Waals surface area (Å²) < 4.78 is 13.6. The Kier molecular flexibility index (Phi) is 5.67. The van der Waals surface area contributed by atoms with Crippen LogP contribution in [0.15, 0.2) is 38.8 Å². The van der Waals surface area contributed by atoms with Gasteiger partial charge in [-0.1, -0.05) is 0 Å². The van der Waals surface area contributed by atoms with Crippen molar-refractivity contribution in [2.24, 2.45) is 32.7 Å². The van der Waals surface area contributed by atoms with Crippen LogP contribution in [0, 0.1) is 11.8 Å². The molecule has 1 amide bonds. The van der Waals surface area contributed by atoms with Gasteiger partial charge < -0.3 is 20.8 Å². The number of hydrogen-bond donors (Lipinski definition) is 5. The first-order chi connectivity index (χ1) is 14.3. The summed E-state index contributed by atoms with van der Waals surface area (Å²) in [5, 5.41) is 27.3. The summed E-state index contributed by atoms with van der Waals surface area (Å²) in [7, 11) is 1.62. The second-order valence-electron chi connectivity index (χ2n) is 8.09. The quantitative estimate of drug-likeness (QED) is 0.385. The van der Waals surface area contributed by atoms with Crippen LogP contribution in [0.2, 0.25) is 0 Å². The Labute approximate surface area is 173 Å². The molecule has 0 saturated heterocycles. The van der Waals surface area contributed by atoms with Gasteiger partial charge in [0.2, 0.25) is 0 Å². The van der Waals surface area contributed by atoms with Gasteiger partial charge >= 0.3 is 0 Å². The van der Waals surface area contributed by atoms with Crippen LogP contribution in [-0.2, 0) is 4.79 Å². The monoisotopic (exact) mass is 419 g/mol. The smallest absolute Gasteiger partial charge is 0.270 e. The molecule has 4 rings (SSSR count). The highest BCUT2D eigenvalue weighted by Crippen LogP contribution is 2.26. The molecule has 0 spiro atoms. The van der Waals surface area contributed by atoms with Crippen molar-refractivity contribution in [3.8, 4) is 0 Å². The predicted molar refractivity (Wildman–Crippen MR) is 109 cm³/mol. The van der Waals surface area contributed by atoms with E-state index in [2.05, 4.69) is 25.8 Å². The number of halogens is 1. The average Bonchev–Trinajstić information content (AvgIpc) is 3.29. The van der Waals surface area contributed by atoms with E-state index in [0.717, 1.165) is 0 Å². The number of aliphatic imine (C=N–C) groups is 2. The molecule has 30 heavy (non-hydrogen) atoms. The minimum Gasteiger partial charge on any atom is -0.402 e. The first kappa shape index (κ1) is 20.6. The lowest BCUT2D eigenvalue weighted by Gasteiger charge is -2.30. The van der Waals surface area contributed by atoms with Crippen molar-refractivity contribution >= 4 is 23.8 Å². The maximum atomic E-state index is 13.6. The molecule has 0 aromatic carbocycles. The number of carbonyl (C=O) groups excluding carboxylic acids is 1. The van der Waals surface area contributed by atoms with E-state index in [-0.39, 0.29) is 42.4 Å². The number of aliphatic hydroxyl groups excluding tert-OH is 2. The molecule has 162 valence electrons. The summed E-state index contributed by atoms with van der Waals surface area (Å²) in [5.41, 5.74) is 9.50. The Hall–Kier alpha value is -2.63. The summed E-state index contributed by atoms with van der Waals surface area (Å²) in [4.78, 5) is 23.1. The normalized spacial score (nSPS) is 35.1. The van der Waals surface area contributed by atoms with Crippen molar-refractivity contribution in [3.05, 3.63) is 23.7 Å². The van der Waals surface area contributed by atoms with E-state index in [1.807, 2.05) is 0 Å². The number of amides is 1. The molecule has 2 aliphatic heterocycles. The Morgan fingerprint density at radius 2 is 2.20 bits per heavy atom. The van der Waals surface area contributed by atoms with Crippen LogP contribution in [0.25, 0.3) is 0 Å². The summed E-state index contributed by atoms with van der Waals surface area (Å²) in [6.45, 7) is 0.246. The number of rotatable bonds is 5. The molecule has 0 bridgehead atoms. The zero-order valence-corrected chi connectivity index (χ0v) is 16.6. The van der Waals surface area contributed by atoms with Crippen LogP contribution in [-0.4, -0.2) is 76.9 Å². The third-order valence-corrected chi connectivity index (χ3v) is 6.01. The minimum absolute atomic E-state index is 0.150. The van der Waals surface area contributed by atoms with Crippen LogP contribution in [0.1, 0.15) is 19.3 Å². The highest BCUT2D eigenvalue weighted by molar-refractivity contribution is 6.45. The van der Waals surface area contributed by atoms with E-state index in [0.29, 0.717) is 24.4 Å². The third kappa shape index (κ3) is 3.87. The minimum atomic E-state index is -0.903. The maximum absolute atomic E-state index is 13.6. The Morgan fingerprint density at radius 1 is 1.40 bits per heavy atom. The maximum Gasteiger partial charge on any atom is 0.270 e. The molecule has 1 fully saturated rings. The summed E-state index contributed by atoms with van der Waals surface area (Å²) in [6, 6.07) is -0.349. The first-order valence-corrected chi connectivity index (χ1v) is 9.97. The largest absolute Gasteiger partial charge is 0.402 e. The molecule has 10 nitrogen and oxygen atoms in total. The van der Waals surface area contributed by atoms with E-state index in [1.54, 1.807) is 7.05 Å². The molecular weight excluding hydrogens is 393 g/mol. The van der Waals surface area contributed by atoms with Gasteiger partial charge in [-0.15, -0.1) is 0 Å².